The van der Waals surface area contributed by atoms with Gasteiger partial charge in [0.2, 0.25) is 0 Å². The summed E-state index contributed by atoms with van der Waals surface area (Å²) in [5, 5.41) is 8.13. The molecule has 0 atom stereocenters. The van der Waals surface area contributed by atoms with Crippen molar-refractivity contribution < 1.29 is 8.78 Å². The monoisotopic (exact) mass is 222 g/mol. The molecular weight excluding hydrogens is 221 g/mol. The predicted octanol–water partition coefficient (Wildman–Crippen LogP) is 3.20. The Hall–Kier alpha value is -0.920. The number of hydrogen-bond donors (Lipinski definition) is 0. The molecule has 0 unspecified atom stereocenters. The molecular formula is C7H2Cl2F2N2. The van der Waals surface area contributed by atoms with Crippen molar-refractivity contribution >= 4 is 23.2 Å². The van der Waals surface area contributed by atoms with E-state index in [9.17, 15) is 8.78 Å². The van der Waals surface area contributed by atoms with Crippen LogP contribution in [0, 0.1) is 11.3 Å². The molecule has 0 aliphatic rings. The number of rotatable bonds is 1. The Labute approximate surface area is 82.7 Å². The van der Waals surface area contributed by atoms with Crippen LogP contribution in [-0.4, -0.2) is 4.98 Å². The summed E-state index contributed by atoms with van der Waals surface area (Å²) in [5.41, 5.74) is -1.01. The minimum atomic E-state index is -2.83. The fourth-order valence-electron chi connectivity index (χ4n) is 0.788. The third-order valence-electron chi connectivity index (χ3n) is 1.30. The molecule has 0 saturated heterocycles. The number of alkyl halides is 2. The van der Waals surface area contributed by atoms with E-state index in [2.05, 4.69) is 4.98 Å². The van der Waals surface area contributed by atoms with Crippen LogP contribution < -0.4 is 0 Å². The van der Waals surface area contributed by atoms with Gasteiger partial charge < -0.3 is 0 Å². The molecule has 6 heteroatoms. The highest BCUT2D eigenvalue weighted by Crippen LogP contribution is 2.30. The van der Waals surface area contributed by atoms with Crippen LogP contribution in [0.1, 0.15) is 17.7 Å². The second-order valence-electron chi connectivity index (χ2n) is 2.10. The molecule has 1 heterocycles. The number of hydrogen-bond acceptors (Lipinski definition) is 2. The fraction of sp³-hybridized carbons (Fsp3) is 0.143. The standard InChI is InChI=1S/C7H2Cl2F2N2/c8-3-1-5(9)13-4(2-12)6(3)7(10)11/h1,7H. The molecule has 0 aromatic carbocycles. The lowest BCUT2D eigenvalue weighted by Gasteiger charge is -2.04. The molecule has 0 spiro atoms. The van der Waals surface area contributed by atoms with Crippen LogP contribution in [0.4, 0.5) is 8.78 Å². The van der Waals surface area contributed by atoms with Crippen molar-refractivity contribution in [2.45, 2.75) is 6.43 Å². The van der Waals surface area contributed by atoms with E-state index in [1.54, 1.807) is 0 Å². The number of halogens is 4. The molecule has 68 valence electrons. The maximum Gasteiger partial charge on any atom is 0.268 e. The minimum absolute atomic E-state index is 0.0778. The molecule has 0 aliphatic heterocycles. The Kier molecular flexibility index (Phi) is 3.02. The van der Waals surface area contributed by atoms with Gasteiger partial charge in [-0.1, -0.05) is 23.2 Å². The van der Waals surface area contributed by atoms with Crippen molar-refractivity contribution in [1.82, 2.24) is 4.98 Å². The van der Waals surface area contributed by atoms with Crippen molar-refractivity contribution in [3.05, 3.63) is 27.5 Å². The van der Waals surface area contributed by atoms with Crippen LogP contribution >= 0.6 is 23.2 Å². The van der Waals surface area contributed by atoms with E-state index in [-0.39, 0.29) is 10.2 Å². The lowest BCUT2D eigenvalue weighted by atomic mass is 10.2. The van der Waals surface area contributed by atoms with Crippen molar-refractivity contribution in [2.75, 3.05) is 0 Å². The molecule has 1 aromatic rings. The van der Waals surface area contributed by atoms with Gasteiger partial charge in [-0.15, -0.1) is 0 Å². The molecule has 13 heavy (non-hydrogen) atoms. The van der Waals surface area contributed by atoms with Gasteiger partial charge in [-0.2, -0.15) is 5.26 Å². The number of nitrogens with zero attached hydrogens (tertiary/aromatic N) is 2. The summed E-state index contributed by atoms with van der Waals surface area (Å²) >= 11 is 10.9. The topological polar surface area (TPSA) is 36.7 Å². The first-order valence-electron chi connectivity index (χ1n) is 3.10. The Morgan fingerprint density at radius 3 is 2.54 bits per heavy atom. The SMILES string of the molecule is N#Cc1nc(Cl)cc(Cl)c1C(F)F. The molecule has 0 bridgehead atoms. The number of aromatic nitrogens is 1. The number of pyridine rings is 1. The van der Waals surface area contributed by atoms with Crippen LogP contribution in [0.15, 0.2) is 6.07 Å². The highest BCUT2D eigenvalue weighted by molar-refractivity contribution is 6.34. The Balaban J connectivity index is 3.41. The summed E-state index contributed by atoms with van der Waals surface area (Å²) in [6.07, 6.45) is -2.83. The largest absolute Gasteiger partial charge is 0.268 e. The van der Waals surface area contributed by atoms with Crippen LogP contribution in [0.5, 0.6) is 0 Å². The van der Waals surface area contributed by atoms with Crippen LogP contribution in [-0.2, 0) is 0 Å². The third-order valence-corrected chi connectivity index (χ3v) is 1.81. The maximum absolute atomic E-state index is 12.3. The first-order valence-corrected chi connectivity index (χ1v) is 3.86. The van der Waals surface area contributed by atoms with Gasteiger partial charge in [-0.05, 0) is 6.07 Å². The van der Waals surface area contributed by atoms with E-state index < -0.39 is 17.7 Å². The lowest BCUT2D eigenvalue weighted by molar-refractivity contribution is 0.150. The highest BCUT2D eigenvalue weighted by Gasteiger charge is 2.19. The number of nitriles is 1. The summed E-state index contributed by atoms with van der Waals surface area (Å²) in [7, 11) is 0. The first-order chi connectivity index (χ1) is 6.06. The second-order valence-corrected chi connectivity index (χ2v) is 2.90. The van der Waals surface area contributed by atoms with Gasteiger partial charge in [-0.3, -0.25) is 0 Å². The second kappa shape index (κ2) is 3.86. The molecule has 0 amide bonds. The highest BCUT2D eigenvalue weighted by atomic mass is 35.5. The molecule has 1 rings (SSSR count). The predicted molar refractivity (Wildman–Crippen MR) is 43.9 cm³/mol. The van der Waals surface area contributed by atoms with Gasteiger partial charge in [0.25, 0.3) is 6.43 Å². The minimum Gasteiger partial charge on any atom is -0.225 e. The van der Waals surface area contributed by atoms with Crippen molar-refractivity contribution in [1.29, 1.82) is 5.26 Å². The van der Waals surface area contributed by atoms with E-state index in [1.807, 2.05) is 0 Å². The molecule has 2 nitrogen and oxygen atoms in total. The van der Waals surface area contributed by atoms with Crippen LogP contribution in [0.3, 0.4) is 0 Å². The van der Waals surface area contributed by atoms with E-state index in [1.165, 1.54) is 6.07 Å². The zero-order valence-electron chi connectivity index (χ0n) is 6.06. The lowest BCUT2D eigenvalue weighted by Crippen LogP contribution is -1.95. The summed E-state index contributed by atoms with van der Waals surface area (Å²) in [5.74, 6) is 0. The van der Waals surface area contributed by atoms with Crippen molar-refractivity contribution in [3.8, 4) is 6.07 Å². The van der Waals surface area contributed by atoms with E-state index in [0.29, 0.717) is 0 Å². The quantitative estimate of drug-likeness (QED) is 0.685. The fourth-order valence-corrected chi connectivity index (χ4v) is 1.31. The Bertz CT molecular complexity index is 373. The maximum atomic E-state index is 12.3. The normalized spacial score (nSPS) is 10.2. The van der Waals surface area contributed by atoms with Crippen LogP contribution in [0.2, 0.25) is 10.2 Å². The van der Waals surface area contributed by atoms with Crippen molar-refractivity contribution in [3.63, 3.8) is 0 Å². The average Bonchev–Trinajstić information content (AvgIpc) is 2.01. The summed E-state index contributed by atoms with van der Waals surface area (Å²) < 4.78 is 24.6. The van der Waals surface area contributed by atoms with Gasteiger partial charge in [0.15, 0.2) is 5.69 Å². The van der Waals surface area contributed by atoms with Crippen LogP contribution in [0.25, 0.3) is 0 Å². The molecule has 0 fully saturated rings. The van der Waals surface area contributed by atoms with Crippen molar-refractivity contribution in [2.24, 2.45) is 0 Å². The zero-order valence-corrected chi connectivity index (χ0v) is 7.57. The summed E-state index contributed by atoms with van der Waals surface area (Å²) in [6, 6.07) is 2.57. The van der Waals surface area contributed by atoms with Gasteiger partial charge >= 0.3 is 0 Å². The smallest absolute Gasteiger partial charge is 0.225 e. The van der Waals surface area contributed by atoms with E-state index in [4.69, 9.17) is 28.5 Å². The van der Waals surface area contributed by atoms with Gasteiger partial charge in [0.1, 0.15) is 11.2 Å². The Morgan fingerprint density at radius 2 is 2.08 bits per heavy atom. The molecule has 0 N–H and O–H groups in total. The van der Waals surface area contributed by atoms with E-state index in [0.717, 1.165) is 6.07 Å². The van der Waals surface area contributed by atoms with Gasteiger partial charge in [-0.25, -0.2) is 13.8 Å². The van der Waals surface area contributed by atoms with Gasteiger partial charge in [0, 0.05) is 0 Å². The Morgan fingerprint density at radius 1 is 1.46 bits per heavy atom. The van der Waals surface area contributed by atoms with Gasteiger partial charge in [0.05, 0.1) is 10.6 Å². The summed E-state index contributed by atoms with van der Waals surface area (Å²) in [6.45, 7) is 0. The molecule has 0 radical (unpaired) electrons. The molecule has 0 saturated carbocycles. The first kappa shape index (κ1) is 10.2. The zero-order chi connectivity index (χ0) is 10.0. The molecule has 1 aromatic heterocycles. The average molecular weight is 223 g/mol. The summed E-state index contributed by atoms with van der Waals surface area (Å²) in [4.78, 5) is 3.41. The third kappa shape index (κ3) is 2.06. The molecule has 0 aliphatic carbocycles. The van der Waals surface area contributed by atoms with E-state index >= 15 is 0 Å².